The molecule has 296 valence electrons. The Kier molecular flexibility index (Phi) is 13.8. The minimum Gasteiger partial charge on any atom is -0.495 e. The number of nitrogens with two attached hydrogens (primary N) is 1. The highest BCUT2D eigenvalue weighted by Gasteiger charge is 2.27. The number of hydrogen-bond donors (Lipinski definition) is 5. The Labute approximate surface area is 331 Å². The number of nitrogen functional groups attached to an aromatic ring is 1. The molecule has 18 nitrogen and oxygen atoms in total. The number of methoxy groups -OCH3 is 3. The summed E-state index contributed by atoms with van der Waals surface area (Å²) in [5.74, 6) is 1.76. The van der Waals surface area contributed by atoms with E-state index in [1.165, 1.54) is 18.9 Å². The van der Waals surface area contributed by atoms with Crippen molar-refractivity contribution < 1.29 is 32.3 Å². The highest BCUT2D eigenvalue weighted by molar-refractivity contribution is 7.99. The normalized spacial score (nSPS) is 11.7. The highest BCUT2D eigenvalue weighted by Crippen LogP contribution is 2.48. The maximum atomic E-state index is 12.0. The third-order valence-electron chi connectivity index (χ3n) is 8.22. The predicted octanol–water partition coefficient (Wildman–Crippen LogP) is 7.08. The summed E-state index contributed by atoms with van der Waals surface area (Å²) >= 11 is 3.00. The first-order valence-electron chi connectivity index (χ1n) is 17.0. The molecule has 0 atom stereocenters. The second-order valence-corrected chi connectivity index (χ2v) is 15.8. The van der Waals surface area contributed by atoms with Gasteiger partial charge in [-0.15, -0.1) is 10.2 Å². The Hall–Kier alpha value is -4.74. The summed E-state index contributed by atoms with van der Waals surface area (Å²) in [6.45, 7) is 10.9. The van der Waals surface area contributed by atoms with Crippen LogP contribution in [0.3, 0.4) is 0 Å². The number of anilines is 7. The summed E-state index contributed by atoms with van der Waals surface area (Å²) in [6.07, 6.45) is 0. The van der Waals surface area contributed by atoms with E-state index in [2.05, 4.69) is 63.8 Å². The Morgan fingerprint density at radius 1 is 0.855 bits per heavy atom. The topological polar surface area (TPSA) is 235 Å². The van der Waals surface area contributed by atoms with Crippen molar-refractivity contribution in [2.75, 3.05) is 86.0 Å². The van der Waals surface area contributed by atoms with Gasteiger partial charge in [-0.05, 0) is 51.4 Å². The Balaban J connectivity index is 1.62. The van der Waals surface area contributed by atoms with E-state index < -0.39 is 10.1 Å². The van der Waals surface area contributed by atoms with Gasteiger partial charge in [-0.25, -0.2) is 0 Å². The van der Waals surface area contributed by atoms with Crippen LogP contribution in [0, 0.1) is 0 Å². The van der Waals surface area contributed by atoms with E-state index in [0.29, 0.717) is 68.5 Å². The monoisotopic (exact) mass is 833 g/mol. The van der Waals surface area contributed by atoms with Gasteiger partial charge >= 0.3 is 10.1 Å². The van der Waals surface area contributed by atoms with Crippen molar-refractivity contribution in [3.63, 3.8) is 0 Å². The zero-order valence-electron chi connectivity index (χ0n) is 31.3. The van der Waals surface area contributed by atoms with Crippen molar-refractivity contribution in [3.8, 4) is 17.2 Å². The quantitative estimate of drug-likeness (QED) is 0.0242. The third kappa shape index (κ3) is 9.22. The fourth-order valence-corrected chi connectivity index (χ4v) is 8.93. The molecule has 0 aliphatic heterocycles. The molecule has 0 bridgehead atoms. The van der Waals surface area contributed by atoms with Crippen LogP contribution in [0.5, 0.6) is 17.2 Å². The van der Waals surface area contributed by atoms with Crippen LogP contribution in [0.15, 0.2) is 43.9 Å². The Morgan fingerprint density at radius 2 is 1.44 bits per heavy atom. The summed E-state index contributed by atoms with van der Waals surface area (Å²) in [7, 11) is -0.127. The van der Waals surface area contributed by atoms with Gasteiger partial charge in [0.25, 0.3) is 0 Å². The number of aliphatic hydroxyl groups is 1. The Bertz CT molecular complexity index is 2260. The van der Waals surface area contributed by atoms with Crippen LogP contribution in [0.25, 0.3) is 10.2 Å². The maximum Gasteiger partial charge on any atom is 0.307 e. The molecule has 5 aromatic rings. The number of fused-ring (bicyclic) bond motifs is 1. The smallest absolute Gasteiger partial charge is 0.307 e. The van der Waals surface area contributed by atoms with Crippen molar-refractivity contribution in [1.29, 1.82) is 0 Å². The molecule has 0 aliphatic rings. The van der Waals surface area contributed by atoms with E-state index >= 15 is 0 Å². The summed E-state index contributed by atoms with van der Waals surface area (Å²) in [5, 5.41) is 26.0. The standard InChI is InChI=1S/C33H43N11O7S4/c1-8-43(9-2)22-15-19(18(34)14-24(22)49-5)35-31-37-32(39-33(38-31)52-13-12-45)36-20-16-23(44(10-3)11-4)25(50-6)17-21(20)40-41-28-26-27(51-7)30(55(46,47)48)53-29(26)42-54-28/h14-17,45H,8-13,34H2,1-7H3,(H,46,47,48)(H2,35,36,37,38,39). The minimum absolute atomic E-state index is 0.0714. The van der Waals surface area contributed by atoms with E-state index in [1.807, 2.05) is 26.0 Å². The van der Waals surface area contributed by atoms with Gasteiger partial charge in [0.1, 0.15) is 22.0 Å². The molecule has 0 fully saturated rings. The van der Waals surface area contributed by atoms with E-state index in [1.54, 1.807) is 26.4 Å². The van der Waals surface area contributed by atoms with Crippen LogP contribution < -0.4 is 40.4 Å². The van der Waals surface area contributed by atoms with Gasteiger partial charge < -0.3 is 45.5 Å². The van der Waals surface area contributed by atoms with Crippen LogP contribution >= 0.6 is 34.6 Å². The van der Waals surface area contributed by atoms with Gasteiger partial charge in [0.15, 0.2) is 20.1 Å². The predicted molar refractivity (Wildman–Crippen MR) is 220 cm³/mol. The fourth-order valence-electron chi connectivity index (χ4n) is 5.58. The van der Waals surface area contributed by atoms with Crippen LogP contribution in [-0.4, -0.2) is 97.3 Å². The Morgan fingerprint density at radius 3 is 1.98 bits per heavy atom. The van der Waals surface area contributed by atoms with E-state index in [-0.39, 0.29) is 33.5 Å². The largest absolute Gasteiger partial charge is 0.495 e. The molecule has 5 rings (SSSR count). The number of rotatable bonds is 19. The molecule has 0 aliphatic carbocycles. The molecule has 0 spiro atoms. The van der Waals surface area contributed by atoms with E-state index in [0.717, 1.165) is 47.3 Å². The first kappa shape index (κ1) is 41.4. The molecular formula is C33H43N11O7S4. The maximum absolute atomic E-state index is 12.0. The molecule has 3 aromatic heterocycles. The number of nitrogens with one attached hydrogen (secondary N) is 2. The van der Waals surface area contributed by atoms with Crippen molar-refractivity contribution in [1.82, 2.24) is 19.3 Å². The molecule has 55 heavy (non-hydrogen) atoms. The van der Waals surface area contributed by atoms with Crippen molar-refractivity contribution in [2.24, 2.45) is 10.2 Å². The first-order chi connectivity index (χ1) is 26.4. The van der Waals surface area contributed by atoms with Crippen LogP contribution in [0.2, 0.25) is 0 Å². The van der Waals surface area contributed by atoms with Gasteiger partial charge in [-0.2, -0.15) is 27.7 Å². The molecule has 0 unspecified atom stereocenters. The molecule has 3 heterocycles. The fraction of sp³-hybridized carbons (Fsp3) is 0.394. The number of nitrogens with zero attached hydrogens (tertiary/aromatic N) is 8. The molecule has 2 aromatic carbocycles. The third-order valence-corrected chi connectivity index (χ3v) is 12.3. The lowest BCUT2D eigenvalue weighted by Crippen LogP contribution is -2.22. The number of aliphatic hydroxyl groups excluding tert-OH is 1. The molecule has 6 N–H and O–H groups in total. The van der Waals surface area contributed by atoms with E-state index in [9.17, 15) is 18.1 Å². The molecule has 0 radical (unpaired) electrons. The highest BCUT2D eigenvalue weighted by atomic mass is 32.3. The number of thioether (sulfide) groups is 1. The number of hydrogen-bond acceptors (Lipinski definition) is 20. The zero-order chi connectivity index (χ0) is 39.9. The molecular weight excluding hydrogens is 791 g/mol. The second kappa shape index (κ2) is 18.3. The average Bonchev–Trinajstić information content (AvgIpc) is 3.75. The number of thiophene rings is 1. The van der Waals surface area contributed by atoms with Gasteiger partial charge in [-0.3, -0.25) is 4.55 Å². The summed E-state index contributed by atoms with van der Waals surface area (Å²) in [4.78, 5) is 18.5. The number of benzene rings is 2. The van der Waals surface area contributed by atoms with Crippen LogP contribution in [0.1, 0.15) is 27.7 Å². The average molecular weight is 834 g/mol. The lowest BCUT2D eigenvalue weighted by molar-refractivity contribution is 0.322. The first-order valence-corrected chi connectivity index (χ1v) is 21.0. The van der Waals surface area contributed by atoms with E-state index in [4.69, 9.17) is 19.9 Å². The number of ether oxygens (including phenoxy) is 3. The number of azo groups is 1. The molecule has 0 amide bonds. The minimum atomic E-state index is -4.58. The lowest BCUT2D eigenvalue weighted by atomic mass is 10.2. The summed E-state index contributed by atoms with van der Waals surface area (Å²) in [6, 6.07) is 7.18. The molecule has 22 heteroatoms. The van der Waals surface area contributed by atoms with Crippen molar-refractivity contribution in [3.05, 3.63) is 24.3 Å². The molecule has 0 saturated carbocycles. The molecule has 0 saturated heterocycles. The van der Waals surface area contributed by atoms with Crippen molar-refractivity contribution in [2.45, 2.75) is 37.1 Å². The van der Waals surface area contributed by atoms with Gasteiger partial charge in [0, 0.05) is 44.1 Å². The van der Waals surface area contributed by atoms with Crippen LogP contribution in [0.4, 0.5) is 51.0 Å². The lowest BCUT2D eigenvalue weighted by Gasteiger charge is -2.25. The SMILES string of the molecule is CCN(CC)c1cc(Nc2nc(Nc3cc(N(CC)CC)c(OC)cc3N=Nc3snc4sc(S(=O)(=O)O)c(OC)c34)nc(SCCO)n2)c(N)cc1OC. The number of aromatic nitrogens is 4. The van der Waals surface area contributed by atoms with Crippen LogP contribution in [-0.2, 0) is 10.1 Å². The van der Waals surface area contributed by atoms with Gasteiger partial charge in [0.2, 0.25) is 11.9 Å². The zero-order valence-corrected chi connectivity index (χ0v) is 34.5. The second-order valence-electron chi connectivity index (χ2n) is 11.4. The van der Waals surface area contributed by atoms with Gasteiger partial charge in [-0.1, -0.05) is 23.1 Å². The van der Waals surface area contributed by atoms with Gasteiger partial charge in [0.05, 0.1) is 61.8 Å². The summed E-state index contributed by atoms with van der Waals surface area (Å²) < 4.78 is 54.6. The van der Waals surface area contributed by atoms with Crippen molar-refractivity contribution >= 4 is 106 Å². The summed E-state index contributed by atoms with van der Waals surface area (Å²) in [5.41, 5.74) is 9.81.